The summed E-state index contributed by atoms with van der Waals surface area (Å²) in [6.45, 7) is 8.92. The summed E-state index contributed by atoms with van der Waals surface area (Å²) in [5, 5.41) is 0.750. The molecule has 1 atom stereocenters. The summed E-state index contributed by atoms with van der Waals surface area (Å²) in [5.74, 6) is 1.06. The van der Waals surface area contributed by atoms with E-state index in [2.05, 4.69) is 30.7 Å². The van der Waals surface area contributed by atoms with Crippen LogP contribution in [0.3, 0.4) is 0 Å². The Balaban J connectivity index is 2.31. The van der Waals surface area contributed by atoms with E-state index in [1.165, 1.54) is 12.8 Å². The summed E-state index contributed by atoms with van der Waals surface area (Å²) in [5.41, 5.74) is 2.02. The Morgan fingerprint density at radius 2 is 1.90 bits per heavy atom. The van der Waals surface area contributed by atoms with Crippen LogP contribution in [0.15, 0.2) is 18.2 Å². The number of imidazole rings is 1. The zero-order valence-corrected chi connectivity index (χ0v) is 13.4. The number of halogens is 1. The van der Waals surface area contributed by atoms with Crippen LogP contribution in [-0.4, -0.2) is 28.0 Å². The highest BCUT2D eigenvalue weighted by Crippen LogP contribution is 2.26. The van der Waals surface area contributed by atoms with Crippen LogP contribution in [0.25, 0.3) is 11.0 Å². The molecule has 1 heterocycles. The van der Waals surface area contributed by atoms with E-state index < -0.39 is 0 Å². The summed E-state index contributed by atoms with van der Waals surface area (Å²) >= 11 is 6.05. The standard InChI is InChI=1S/C16H24ClN3/c1-4-9-20(10-5-2)15(6-3)16-18-13-8-7-12(17)11-14(13)19-16/h7-8,11,15H,4-6,9-10H2,1-3H3,(H,18,19). The number of aromatic amines is 1. The van der Waals surface area contributed by atoms with Crippen molar-refractivity contribution < 1.29 is 0 Å². The molecule has 2 rings (SSSR count). The highest BCUT2D eigenvalue weighted by atomic mass is 35.5. The van der Waals surface area contributed by atoms with Gasteiger partial charge in [0.1, 0.15) is 5.82 Å². The summed E-state index contributed by atoms with van der Waals surface area (Å²) in [6, 6.07) is 6.19. The molecule has 20 heavy (non-hydrogen) atoms. The number of nitrogens with zero attached hydrogens (tertiary/aromatic N) is 2. The van der Waals surface area contributed by atoms with Gasteiger partial charge >= 0.3 is 0 Å². The molecule has 1 unspecified atom stereocenters. The molecule has 4 heteroatoms. The van der Waals surface area contributed by atoms with Gasteiger partial charge in [-0.1, -0.05) is 32.4 Å². The minimum Gasteiger partial charge on any atom is -0.341 e. The largest absolute Gasteiger partial charge is 0.341 e. The van der Waals surface area contributed by atoms with Crippen LogP contribution in [0.1, 0.15) is 51.9 Å². The van der Waals surface area contributed by atoms with Gasteiger partial charge in [-0.2, -0.15) is 0 Å². The van der Waals surface area contributed by atoms with Gasteiger partial charge in [0.2, 0.25) is 0 Å². The molecule has 0 amide bonds. The molecule has 0 spiro atoms. The van der Waals surface area contributed by atoms with Crippen LogP contribution >= 0.6 is 11.6 Å². The number of hydrogen-bond acceptors (Lipinski definition) is 2. The van der Waals surface area contributed by atoms with Crippen LogP contribution < -0.4 is 0 Å². The molecule has 0 fully saturated rings. The van der Waals surface area contributed by atoms with Crippen LogP contribution in [0.5, 0.6) is 0 Å². The fraction of sp³-hybridized carbons (Fsp3) is 0.562. The smallest absolute Gasteiger partial charge is 0.124 e. The molecule has 1 N–H and O–H groups in total. The van der Waals surface area contributed by atoms with Gasteiger partial charge < -0.3 is 4.98 Å². The first kappa shape index (κ1) is 15.3. The van der Waals surface area contributed by atoms with E-state index in [1.807, 2.05) is 18.2 Å². The van der Waals surface area contributed by atoms with Crippen LogP contribution in [0.4, 0.5) is 0 Å². The second-order valence-corrected chi connectivity index (χ2v) is 5.68. The lowest BCUT2D eigenvalue weighted by molar-refractivity contribution is 0.186. The fourth-order valence-electron chi connectivity index (χ4n) is 2.78. The monoisotopic (exact) mass is 293 g/mol. The SMILES string of the molecule is CCCN(CCC)C(CC)c1nc2ccc(Cl)cc2[nH]1. The molecular formula is C16H24ClN3. The average molecular weight is 294 g/mol. The maximum atomic E-state index is 6.05. The topological polar surface area (TPSA) is 31.9 Å². The third-order valence-corrected chi connectivity index (χ3v) is 3.86. The van der Waals surface area contributed by atoms with Gasteiger partial charge in [-0.15, -0.1) is 0 Å². The van der Waals surface area contributed by atoms with Crippen LogP contribution in [0.2, 0.25) is 5.02 Å². The van der Waals surface area contributed by atoms with Gasteiger partial charge in [0.15, 0.2) is 0 Å². The first-order valence-corrected chi connectivity index (χ1v) is 7.96. The molecule has 0 radical (unpaired) electrons. The van der Waals surface area contributed by atoms with Gasteiger partial charge in [-0.25, -0.2) is 4.98 Å². The Kier molecular flexibility index (Phi) is 5.44. The lowest BCUT2D eigenvalue weighted by Gasteiger charge is -2.29. The number of rotatable bonds is 7. The lowest BCUT2D eigenvalue weighted by atomic mass is 10.1. The number of nitrogens with one attached hydrogen (secondary N) is 1. The maximum Gasteiger partial charge on any atom is 0.124 e. The predicted molar refractivity (Wildman–Crippen MR) is 86.3 cm³/mol. The molecule has 0 saturated heterocycles. The van der Waals surface area contributed by atoms with Crippen molar-refractivity contribution in [3.8, 4) is 0 Å². The Labute approximate surface area is 126 Å². The molecule has 110 valence electrons. The summed E-state index contributed by atoms with van der Waals surface area (Å²) < 4.78 is 0. The molecule has 3 nitrogen and oxygen atoms in total. The number of H-pyrrole nitrogens is 1. The van der Waals surface area contributed by atoms with Crippen molar-refractivity contribution in [2.45, 2.75) is 46.1 Å². The van der Waals surface area contributed by atoms with Crippen molar-refractivity contribution in [1.82, 2.24) is 14.9 Å². The zero-order valence-electron chi connectivity index (χ0n) is 12.6. The highest BCUT2D eigenvalue weighted by molar-refractivity contribution is 6.31. The Hall–Kier alpha value is -1.06. The minimum absolute atomic E-state index is 0.362. The Morgan fingerprint density at radius 3 is 2.50 bits per heavy atom. The van der Waals surface area contributed by atoms with E-state index in [0.717, 1.165) is 41.4 Å². The van der Waals surface area contributed by atoms with Crippen molar-refractivity contribution in [1.29, 1.82) is 0 Å². The number of benzene rings is 1. The average Bonchev–Trinajstić information content (AvgIpc) is 2.82. The van der Waals surface area contributed by atoms with Crippen molar-refractivity contribution >= 4 is 22.6 Å². The van der Waals surface area contributed by atoms with Crippen LogP contribution in [0, 0.1) is 0 Å². The van der Waals surface area contributed by atoms with Gasteiger partial charge in [0.25, 0.3) is 0 Å². The first-order valence-electron chi connectivity index (χ1n) is 7.58. The molecular weight excluding hydrogens is 270 g/mol. The second kappa shape index (κ2) is 7.09. The van der Waals surface area contributed by atoms with Gasteiger partial charge in [-0.05, 0) is 50.6 Å². The fourth-order valence-corrected chi connectivity index (χ4v) is 2.95. The lowest BCUT2D eigenvalue weighted by Crippen LogP contribution is -2.30. The van der Waals surface area contributed by atoms with Gasteiger partial charge in [0.05, 0.1) is 17.1 Å². The molecule has 1 aromatic heterocycles. The minimum atomic E-state index is 0.362. The van der Waals surface area contributed by atoms with Crippen molar-refractivity contribution in [3.05, 3.63) is 29.0 Å². The molecule has 1 aromatic carbocycles. The van der Waals surface area contributed by atoms with Crippen molar-refractivity contribution in [2.75, 3.05) is 13.1 Å². The van der Waals surface area contributed by atoms with E-state index in [1.54, 1.807) is 0 Å². The summed E-state index contributed by atoms with van der Waals surface area (Å²) in [4.78, 5) is 10.7. The maximum absolute atomic E-state index is 6.05. The highest BCUT2D eigenvalue weighted by Gasteiger charge is 2.20. The van der Waals surface area contributed by atoms with Gasteiger partial charge in [0, 0.05) is 5.02 Å². The molecule has 0 aliphatic carbocycles. The molecule has 0 aliphatic rings. The van der Waals surface area contributed by atoms with E-state index in [0.29, 0.717) is 6.04 Å². The number of fused-ring (bicyclic) bond motifs is 1. The predicted octanol–water partition coefficient (Wildman–Crippen LogP) is 4.79. The van der Waals surface area contributed by atoms with E-state index in [9.17, 15) is 0 Å². The molecule has 0 saturated carbocycles. The molecule has 0 aliphatic heterocycles. The number of hydrogen-bond donors (Lipinski definition) is 1. The Bertz CT molecular complexity index is 544. The van der Waals surface area contributed by atoms with E-state index in [4.69, 9.17) is 16.6 Å². The molecule has 2 aromatic rings. The van der Waals surface area contributed by atoms with Crippen LogP contribution in [-0.2, 0) is 0 Å². The molecule has 0 bridgehead atoms. The summed E-state index contributed by atoms with van der Waals surface area (Å²) in [7, 11) is 0. The quantitative estimate of drug-likeness (QED) is 0.796. The Morgan fingerprint density at radius 1 is 1.20 bits per heavy atom. The van der Waals surface area contributed by atoms with Gasteiger partial charge in [-0.3, -0.25) is 4.90 Å². The van der Waals surface area contributed by atoms with Crippen molar-refractivity contribution in [2.24, 2.45) is 0 Å². The van der Waals surface area contributed by atoms with E-state index >= 15 is 0 Å². The third kappa shape index (κ3) is 3.33. The third-order valence-electron chi connectivity index (χ3n) is 3.63. The second-order valence-electron chi connectivity index (χ2n) is 5.24. The first-order chi connectivity index (χ1) is 9.69. The normalized spacial score (nSPS) is 13.2. The summed E-state index contributed by atoms with van der Waals surface area (Å²) in [6.07, 6.45) is 3.40. The van der Waals surface area contributed by atoms with Crippen molar-refractivity contribution in [3.63, 3.8) is 0 Å². The number of aromatic nitrogens is 2. The zero-order chi connectivity index (χ0) is 14.5. The van der Waals surface area contributed by atoms with E-state index in [-0.39, 0.29) is 0 Å².